The quantitative estimate of drug-likeness (QED) is 0.359. The number of alkyl halides is 3. The molecule has 178 valence electrons. The largest absolute Gasteiger partial charge is 0.504 e. The Morgan fingerprint density at radius 1 is 1.11 bits per heavy atom. The lowest BCUT2D eigenvalue weighted by molar-refractivity contribution is -0.137. The fourth-order valence-electron chi connectivity index (χ4n) is 4.07. The van der Waals surface area contributed by atoms with Crippen molar-refractivity contribution in [3.8, 4) is 11.5 Å². The normalized spacial score (nSPS) is 14.5. The fraction of sp³-hybridized carbons (Fsp3) is 0.154. The molecule has 0 fully saturated rings. The zero-order chi connectivity index (χ0) is 24.7. The summed E-state index contributed by atoms with van der Waals surface area (Å²) >= 11 is 6.06. The monoisotopic (exact) mass is 498 g/mol. The minimum Gasteiger partial charge on any atom is -0.504 e. The Morgan fingerprint density at radius 3 is 2.71 bits per heavy atom. The number of fused-ring (bicyclic) bond motifs is 2. The summed E-state index contributed by atoms with van der Waals surface area (Å²) in [5.74, 6) is 0.542. The standard InChI is InChI=1S/C26H18ClF3N2O3/c27-19-5-6-20-21(13-19)31-24-17(8-9-32(24)25(20)34)10-15-4-7-23(22(33)12-15)35-14-16-2-1-3-18(11-16)26(28,29)30/h1-7,10-13,33H,8-9,14H2. The Hall–Kier alpha value is -3.78. The molecule has 9 heteroatoms. The molecule has 35 heavy (non-hydrogen) atoms. The van der Waals surface area contributed by atoms with E-state index in [4.69, 9.17) is 16.3 Å². The van der Waals surface area contributed by atoms with Gasteiger partial charge in [0.05, 0.1) is 16.5 Å². The van der Waals surface area contributed by atoms with Gasteiger partial charge in [-0.1, -0.05) is 29.8 Å². The smallest absolute Gasteiger partial charge is 0.416 e. The van der Waals surface area contributed by atoms with Gasteiger partial charge in [-0.25, -0.2) is 4.98 Å². The van der Waals surface area contributed by atoms with Gasteiger partial charge in [0.1, 0.15) is 12.4 Å². The SMILES string of the molecule is O=c1c2ccc(Cl)cc2nc2n1CCC2=Cc1ccc(OCc2cccc(C(F)(F)F)c2)c(O)c1. The molecule has 1 N–H and O–H groups in total. The molecule has 0 aliphatic carbocycles. The molecule has 0 saturated heterocycles. The molecule has 0 saturated carbocycles. The fourth-order valence-corrected chi connectivity index (χ4v) is 4.24. The van der Waals surface area contributed by atoms with E-state index >= 15 is 0 Å². The van der Waals surface area contributed by atoms with Crippen LogP contribution in [0.4, 0.5) is 13.2 Å². The number of halogens is 4. The lowest BCUT2D eigenvalue weighted by Crippen LogP contribution is -2.20. The number of phenols is 1. The minimum absolute atomic E-state index is 0.131. The number of hydrogen-bond acceptors (Lipinski definition) is 4. The molecule has 1 aromatic heterocycles. The van der Waals surface area contributed by atoms with Gasteiger partial charge < -0.3 is 9.84 Å². The molecule has 0 unspecified atom stereocenters. The van der Waals surface area contributed by atoms with Gasteiger partial charge in [-0.2, -0.15) is 13.2 Å². The van der Waals surface area contributed by atoms with Crippen molar-refractivity contribution in [3.63, 3.8) is 0 Å². The van der Waals surface area contributed by atoms with Gasteiger partial charge in [0, 0.05) is 11.6 Å². The van der Waals surface area contributed by atoms with Gasteiger partial charge in [0.2, 0.25) is 0 Å². The Morgan fingerprint density at radius 2 is 1.94 bits per heavy atom. The summed E-state index contributed by atoms with van der Waals surface area (Å²) in [7, 11) is 0. The molecule has 0 radical (unpaired) electrons. The summed E-state index contributed by atoms with van der Waals surface area (Å²) in [4.78, 5) is 17.5. The predicted octanol–water partition coefficient (Wildman–Crippen LogP) is 6.30. The van der Waals surface area contributed by atoms with Crippen molar-refractivity contribution >= 4 is 34.2 Å². The minimum atomic E-state index is -4.44. The Kier molecular flexibility index (Phi) is 5.76. The Bertz CT molecular complexity index is 1540. The van der Waals surface area contributed by atoms with Gasteiger partial charge in [-0.15, -0.1) is 0 Å². The summed E-state index contributed by atoms with van der Waals surface area (Å²) in [5.41, 5.74) is 1.45. The van der Waals surface area contributed by atoms with E-state index in [1.54, 1.807) is 34.9 Å². The zero-order valence-corrected chi connectivity index (χ0v) is 18.9. The van der Waals surface area contributed by atoms with Crippen LogP contribution in [0, 0.1) is 0 Å². The second kappa shape index (κ2) is 8.78. The second-order valence-electron chi connectivity index (χ2n) is 8.19. The predicted molar refractivity (Wildman–Crippen MR) is 127 cm³/mol. The number of phenolic OH excluding ortho intramolecular Hbond substituents is 1. The van der Waals surface area contributed by atoms with Gasteiger partial charge >= 0.3 is 6.18 Å². The summed E-state index contributed by atoms with van der Waals surface area (Å²) in [6.07, 6.45) is -2.01. The van der Waals surface area contributed by atoms with E-state index in [9.17, 15) is 23.1 Å². The van der Waals surface area contributed by atoms with Crippen LogP contribution in [0.15, 0.2) is 65.5 Å². The van der Waals surface area contributed by atoms with Crippen molar-refractivity contribution in [2.45, 2.75) is 25.7 Å². The average Bonchev–Trinajstić information content (AvgIpc) is 3.21. The number of hydrogen-bond donors (Lipinski definition) is 1. The molecule has 5 rings (SSSR count). The van der Waals surface area contributed by atoms with Crippen LogP contribution in [0.5, 0.6) is 11.5 Å². The van der Waals surface area contributed by atoms with Gasteiger partial charge in [0.15, 0.2) is 11.5 Å². The van der Waals surface area contributed by atoms with E-state index in [2.05, 4.69) is 4.98 Å². The Labute approximate surface area is 202 Å². The van der Waals surface area contributed by atoms with Crippen LogP contribution in [0.25, 0.3) is 22.6 Å². The zero-order valence-electron chi connectivity index (χ0n) is 18.1. The molecule has 5 nitrogen and oxygen atoms in total. The van der Waals surface area contributed by atoms with Crippen LogP contribution in [0.1, 0.15) is 28.9 Å². The number of nitrogens with zero attached hydrogens (tertiary/aromatic N) is 2. The van der Waals surface area contributed by atoms with Crippen molar-refractivity contribution < 1.29 is 23.0 Å². The molecule has 0 amide bonds. The Balaban J connectivity index is 1.38. The molecule has 0 spiro atoms. The van der Waals surface area contributed by atoms with Gasteiger partial charge in [-0.3, -0.25) is 9.36 Å². The summed E-state index contributed by atoms with van der Waals surface area (Å²) in [5, 5.41) is 11.4. The molecule has 1 aliphatic rings. The number of allylic oxidation sites excluding steroid dienone is 1. The van der Waals surface area contributed by atoms with Crippen molar-refractivity contribution in [1.82, 2.24) is 9.55 Å². The molecular weight excluding hydrogens is 481 g/mol. The van der Waals surface area contributed by atoms with Crippen molar-refractivity contribution in [1.29, 1.82) is 0 Å². The molecular formula is C26H18ClF3N2O3. The lowest BCUT2D eigenvalue weighted by Gasteiger charge is -2.11. The van der Waals surface area contributed by atoms with E-state index in [0.717, 1.165) is 17.7 Å². The first-order chi connectivity index (χ1) is 16.7. The van der Waals surface area contributed by atoms with E-state index in [1.165, 1.54) is 18.2 Å². The molecule has 0 atom stereocenters. The first-order valence-electron chi connectivity index (χ1n) is 10.7. The third-order valence-corrected chi connectivity index (χ3v) is 6.02. The van der Waals surface area contributed by atoms with Crippen molar-refractivity contribution in [2.75, 3.05) is 0 Å². The van der Waals surface area contributed by atoms with Crippen molar-refractivity contribution in [2.24, 2.45) is 0 Å². The molecule has 1 aliphatic heterocycles. The van der Waals surface area contributed by atoms with Crippen LogP contribution in [0.3, 0.4) is 0 Å². The molecule has 4 aromatic rings. The maximum atomic E-state index is 12.9. The lowest BCUT2D eigenvalue weighted by atomic mass is 10.1. The first-order valence-corrected chi connectivity index (χ1v) is 11.1. The molecule has 3 aromatic carbocycles. The number of aromatic nitrogens is 2. The number of aromatic hydroxyl groups is 1. The highest BCUT2D eigenvalue weighted by Gasteiger charge is 2.30. The summed E-state index contributed by atoms with van der Waals surface area (Å²) < 4.78 is 45.9. The molecule has 2 heterocycles. The highest BCUT2D eigenvalue weighted by Crippen LogP contribution is 2.33. The number of rotatable bonds is 4. The van der Waals surface area contributed by atoms with Crippen LogP contribution < -0.4 is 10.3 Å². The van der Waals surface area contributed by atoms with E-state index in [1.807, 2.05) is 6.08 Å². The van der Waals surface area contributed by atoms with Crippen LogP contribution in [0.2, 0.25) is 5.02 Å². The van der Waals surface area contributed by atoms with Crippen LogP contribution in [-0.4, -0.2) is 14.7 Å². The first kappa shape index (κ1) is 23.0. The topological polar surface area (TPSA) is 64.4 Å². The number of benzene rings is 3. The third-order valence-electron chi connectivity index (χ3n) is 5.78. The second-order valence-corrected chi connectivity index (χ2v) is 8.62. The van der Waals surface area contributed by atoms with Gasteiger partial charge in [0.25, 0.3) is 5.56 Å². The molecule has 0 bridgehead atoms. The van der Waals surface area contributed by atoms with Crippen LogP contribution >= 0.6 is 11.6 Å². The van der Waals surface area contributed by atoms with E-state index < -0.39 is 11.7 Å². The summed E-state index contributed by atoms with van der Waals surface area (Å²) in [6, 6.07) is 14.6. The third kappa shape index (κ3) is 4.61. The van der Waals surface area contributed by atoms with E-state index in [0.29, 0.717) is 45.8 Å². The summed E-state index contributed by atoms with van der Waals surface area (Å²) in [6.45, 7) is 0.365. The van der Waals surface area contributed by atoms with Crippen molar-refractivity contribution in [3.05, 3.63) is 98.6 Å². The average molecular weight is 499 g/mol. The maximum absolute atomic E-state index is 12.9. The maximum Gasteiger partial charge on any atom is 0.416 e. The highest BCUT2D eigenvalue weighted by atomic mass is 35.5. The van der Waals surface area contributed by atoms with Crippen LogP contribution in [-0.2, 0) is 19.3 Å². The van der Waals surface area contributed by atoms with E-state index in [-0.39, 0.29) is 23.7 Å². The van der Waals surface area contributed by atoms with Gasteiger partial charge in [-0.05, 0) is 71.7 Å². The highest BCUT2D eigenvalue weighted by molar-refractivity contribution is 6.31. The number of ether oxygens (including phenoxy) is 1.